The normalized spacial score (nSPS) is 12.6. The molecule has 7 aromatic carbocycles. The van der Waals surface area contributed by atoms with E-state index in [1.807, 2.05) is 11.3 Å². The van der Waals surface area contributed by atoms with E-state index in [2.05, 4.69) is 199 Å². The molecule has 0 atom stereocenters. The van der Waals surface area contributed by atoms with Crippen molar-refractivity contribution >= 4 is 89.0 Å². The Kier molecular flexibility index (Phi) is 6.86. The molecule has 54 heavy (non-hydrogen) atoms. The van der Waals surface area contributed by atoms with Crippen LogP contribution in [-0.2, 0) is 0 Å². The van der Waals surface area contributed by atoms with Crippen molar-refractivity contribution in [3.8, 4) is 16.8 Å². The summed E-state index contributed by atoms with van der Waals surface area (Å²) in [5, 5.41) is 3.96. The Balaban J connectivity index is 1.23. The van der Waals surface area contributed by atoms with E-state index in [1.54, 1.807) is 0 Å². The maximum atomic E-state index is 2.62. The second kappa shape index (κ2) is 11.9. The maximum Gasteiger partial charge on any atom is 0.343 e. The molecule has 11 rings (SSSR count). The predicted octanol–water partition coefficient (Wildman–Crippen LogP) is 11.2. The van der Waals surface area contributed by atoms with Crippen LogP contribution in [0.25, 0.3) is 60.4 Å². The van der Waals surface area contributed by atoms with Gasteiger partial charge in [-0.3, -0.25) is 0 Å². The number of benzene rings is 7. The van der Waals surface area contributed by atoms with Crippen LogP contribution in [0.2, 0.25) is 0 Å². The number of rotatable bonds is 5. The molecule has 0 fully saturated rings. The molecular weight excluding hydrogens is 673 g/mol. The van der Waals surface area contributed by atoms with Crippen molar-refractivity contribution in [1.82, 2.24) is 4.57 Å². The van der Waals surface area contributed by atoms with Gasteiger partial charge in [0.1, 0.15) is 0 Å². The summed E-state index contributed by atoms with van der Waals surface area (Å²) in [6.45, 7) is 2.31. The van der Waals surface area contributed by atoms with E-state index in [0.29, 0.717) is 0 Å². The maximum absolute atomic E-state index is 2.62. The van der Waals surface area contributed by atoms with E-state index in [9.17, 15) is 0 Å². The van der Waals surface area contributed by atoms with Crippen LogP contribution >= 0.6 is 11.3 Å². The average molecular weight is 710 g/mol. The summed E-state index contributed by atoms with van der Waals surface area (Å²) in [5.74, 6) is 0. The molecule has 0 spiro atoms. The molecule has 0 unspecified atom stereocenters. The molecule has 5 heteroatoms. The van der Waals surface area contributed by atoms with Crippen LogP contribution in [0.1, 0.15) is 22.3 Å². The number of hydrogen-bond acceptors (Lipinski definition) is 3. The fraction of sp³-hybridized carbons (Fsp3) is 0.0612. The highest BCUT2D eigenvalue weighted by atomic mass is 32.1. The van der Waals surface area contributed by atoms with E-state index in [1.165, 1.54) is 104 Å². The van der Waals surface area contributed by atoms with Crippen molar-refractivity contribution in [3.05, 3.63) is 180 Å². The minimum Gasteiger partial charge on any atom is -0.378 e. The molecular formula is C49H36BN3S. The summed E-state index contributed by atoms with van der Waals surface area (Å²) in [5.41, 5.74) is 17.7. The first-order valence-electron chi connectivity index (χ1n) is 18.7. The van der Waals surface area contributed by atoms with Crippen molar-refractivity contribution < 1.29 is 0 Å². The monoisotopic (exact) mass is 709 g/mol. The lowest BCUT2D eigenvalue weighted by Gasteiger charge is -2.41. The second-order valence-corrected chi connectivity index (χ2v) is 15.9. The van der Waals surface area contributed by atoms with Crippen molar-refractivity contribution in [3.63, 3.8) is 0 Å². The quantitative estimate of drug-likeness (QED) is 0.130. The molecule has 2 aliphatic heterocycles. The number of fused-ring (bicyclic) bond motifs is 10. The number of anilines is 3. The van der Waals surface area contributed by atoms with Gasteiger partial charge in [-0.1, -0.05) is 109 Å². The van der Waals surface area contributed by atoms with Gasteiger partial charge < -0.3 is 14.3 Å². The zero-order valence-electron chi connectivity index (χ0n) is 30.4. The number of aromatic nitrogens is 1. The summed E-state index contributed by atoms with van der Waals surface area (Å²) in [6.07, 6.45) is 2.37. The summed E-state index contributed by atoms with van der Waals surface area (Å²) in [6, 6.07) is 58.2. The smallest absolute Gasteiger partial charge is 0.343 e. The Labute approximate surface area is 319 Å². The topological polar surface area (TPSA) is 11.4 Å². The Hall–Kier alpha value is -6.30. The average Bonchev–Trinajstić information content (AvgIpc) is 3.77. The molecule has 2 aliphatic rings. The first-order valence-corrected chi connectivity index (χ1v) is 19.5. The predicted molar refractivity (Wildman–Crippen MR) is 234 cm³/mol. The van der Waals surface area contributed by atoms with Crippen molar-refractivity contribution in [2.45, 2.75) is 6.92 Å². The molecule has 0 amide bonds. The molecule has 0 bridgehead atoms. The van der Waals surface area contributed by atoms with Gasteiger partial charge in [0.15, 0.2) is 0 Å². The highest BCUT2D eigenvalue weighted by Gasteiger charge is 2.45. The third kappa shape index (κ3) is 4.49. The summed E-state index contributed by atoms with van der Waals surface area (Å²) >= 11 is 1.95. The van der Waals surface area contributed by atoms with Crippen LogP contribution < -0.4 is 20.0 Å². The number of thiophene rings is 1. The lowest BCUT2D eigenvalue weighted by atomic mass is 9.47. The van der Waals surface area contributed by atoms with Crippen LogP contribution in [-0.4, -0.2) is 25.5 Å². The zero-order chi connectivity index (χ0) is 36.1. The molecule has 0 aliphatic carbocycles. The van der Waals surface area contributed by atoms with Crippen molar-refractivity contribution in [2.75, 3.05) is 23.8 Å². The van der Waals surface area contributed by atoms with Crippen LogP contribution in [0.15, 0.2) is 158 Å². The summed E-state index contributed by atoms with van der Waals surface area (Å²) in [4.78, 5) is 4.79. The van der Waals surface area contributed by atoms with Crippen LogP contribution in [0.5, 0.6) is 0 Å². The number of aryl methyl sites for hydroxylation is 1. The second-order valence-electron chi connectivity index (χ2n) is 14.8. The molecule has 4 heterocycles. The Morgan fingerprint density at radius 1 is 0.667 bits per heavy atom. The molecule has 0 saturated carbocycles. The van der Waals surface area contributed by atoms with E-state index in [0.717, 1.165) is 0 Å². The molecule has 0 N–H and O–H groups in total. The lowest BCUT2D eigenvalue weighted by Crippen LogP contribution is -2.59. The lowest BCUT2D eigenvalue weighted by molar-refractivity contribution is 1.13. The van der Waals surface area contributed by atoms with Gasteiger partial charge in [0.05, 0.1) is 16.7 Å². The van der Waals surface area contributed by atoms with E-state index in [-0.39, 0.29) is 6.85 Å². The van der Waals surface area contributed by atoms with Crippen LogP contribution in [0.3, 0.4) is 0 Å². The van der Waals surface area contributed by atoms with Gasteiger partial charge in [-0.2, -0.15) is 0 Å². The van der Waals surface area contributed by atoms with Crippen LogP contribution in [0, 0.1) is 6.92 Å². The van der Waals surface area contributed by atoms with Gasteiger partial charge in [0, 0.05) is 62.4 Å². The van der Waals surface area contributed by atoms with Gasteiger partial charge in [0.25, 0.3) is 0 Å². The number of hydrogen-bond donors (Lipinski definition) is 0. The van der Waals surface area contributed by atoms with Gasteiger partial charge >= 0.3 is 6.85 Å². The van der Waals surface area contributed by atoms with Crippen LogP contribution in [0.4, 0.5) is 17.1 Å². The van der Waals surface area contributed by atoms with E-state index in [4.69, 9.17) is 0 Å². The fourth-order valence-electron chi connectivity index (χ4n) is 9.11. The Morgan fingerprint density at radius 2 is 1.35 bits per heavy atom. The first-order chi connectivity index (χ1) is 26.5. The Morgan fingerprint density at radius 3 is 2.09 bits per heavy atom. The Bertz CT molecular complexity index is 2930. The summed E-state index contributed by atoms with van der Waals surface area (Å²) in [7, 11) is 4.21. The molecule has 256 valence electrons. The first kappa shape index (κ1) is 31.3. The van der Waals surface area contributed by atoms with Gasteiger partial charge in [-0.15, -0.1) is 11.3 Å². The fourth-order valence-corrected chi connectivity index (χ4v) is 10.4. The molecule has 0 saturated heterocycles. The molecule has 0 radical (unpaired) electrons. The third-order valence-corrected chi connectivity index (χ3v) is 12.7. The number of para-hydroxylation sites is 2. The minimum atomic E-state index is 0.00982. The molecule has 3 nitrogen and oxygen atoms in total. The molecule has 9 aromatic rings. The van der Waals surface area contributed by atoms with Gasteiger partial charge in [-0.25, -0.2) is 0 Å². The minimum absolute atomic E-state index is 0.00982. The van der Waals surface area contributed by atoms with E-state index < -0.39 is 0 Å². The highest BCUT2D eigenvalue weighted by molar-refractivity contribution is 7.32. The highest BCUT2D eigenvalue weighted by Crippen LogP contribution is 2.48. The largest absolute Gasteiger partial charge is 0.378 e. The SMILES string of the molecule is Cc1cc2c3c4c1c1ccccc1n4-c1c(sc4ccc(C=C(c5ccccc5)c5ccccc5)cc14)B3N(c1ccc(N(C)C)cc1)c1ccccc1-2. The molecule has 2 aromatic heterocycles. The van der Waals surface area contributed by atoms with E-state index >= 15 is 0 Å². The van der Waals surface area contributed by atoms with Gasteiger partial charge in [-0.05, 0) is 100 Å². The van der Waals surface area contributed by atoms with Crippen molar-refractivity contribution in [2.24, 2.45) is 0 Å². The van der Waals surface area contributed by atoms with Gasteiger partial charge in [0.2, 0.25) is 0 Å². The standard InChI is InChI=1S/C49H36BN3S/c1-31-28-40-37-18-10-13-21-43(37)53(36-25-23-35(24-26-36)51(2)3)50-46(40)48-45(31)38-19-11-12-20-42(38)52(48)47-41-30-32(22-27-44(41)54-49(47)50)29-39(33-14-6-4-7-15-33)34-16-8-5-9-17-34/h4-30H,1-3H3. The zero-order valence-corrected chi connectivity index (χ0v) is 31.2. The summed E-state index contributed by atoms with van der Waals surface area (Å²) < 4.78 is 5.30. The third-order valence-electron chi connectivity index (χ3n) is 11.5. The number of nitrogens with zero attached hydrogens (tertiary/aromatic N) is 3. The van der Waals surface area contributed by atoms with Crippen molar-refractivity contribution in [1.29, 1.82) is 0 Å².